The van der Waals surface area contributed by atoms with Crippen LogP contribution < -0.4 is 9.64 Å². The molecule has 2 N–H and O–H groups in total. The van der Waals surface area contributed by atoms with Gasteiger partial charge in [-0.1, -0.05) is 36.0 Å². The highest BCUT2D eigenvalue weighted by Crippen LogP contribution is 2.26. The van der Waals surface area contributed by atoms with E-state index in [1.807, 2.05) is 31.2 Å². The lowest BCUT2D eigenvalue weighted by atomic mass is 10.1. The van der Waals surface area contributed by atoms with E-state index >= 15 is 0 Å². The number of para-hydroxylation sites is 1. The summed E-state index contributed by atoms with van der Waals surface area (Å²) < 4.78 is 5.66. The molecule has 2 aromatic rings. The summed E-state index contributed by atoms with van der Waals surface area (Å²) in [6, 6.07) is 15.9. The average Bonchev–Trinajstić information content (AvgIpc) is 3.29. The van der Waals surface area contributed by atoms with E-state index in [1.165, 1.54) is 35.3 Å². The standard InChI is InChI=1S/C22H25N5OS/c1-2-28-20-8-4-3-7-18(20)21(23)27-22(24)29-15-19(25-27)16-9-11-17(12-10-16)26-13-5-6-14-26/h3-4,7-12,23-24H,2,5-6,13-15H2,1H3. The Labute approximate surface area is 175 Å². The van der Waals surface area contributed by atoms with Crippen LogP contribution >= 0.6 is 11.8 Å². The van der Waals surface area contributed by atoms with Crippen LogP contribution in [0.3, 0.4) is 0 Å². The van der Waals surface area contributed by atoms with Crippen LogP contribution in [-0.2, 0) is 0 Å². The zero-order chi connectivity index (χ0) is 20.2. The van der Waals surface area contributed by atoms with E-state index < -0.39 is 0 Å². The molecule has 0 spiro atoms. The number of thioether (sulfide) groups is 1. The molecule has 2 aromatic carbocycles. The minimum absolute atomic E-state index is 0.150. The van der Waals surface area contributed by atoms with Gasteiger partial charge in [-0.05, 0) is 49.6 Å². The van der Waals surface area contributed by atoms with Gasteiger partial charge in [-0.3, -0.25) is 10.8 Å². The lowest BCUT2D eigenvalue weighted by molar-refractivity contribution is 0.339. The highest BCUT2D eigenvalue weighted by molar-refractivity contribution is 8.14. The zero-order valence-electron chi connectivity index (χ0n) is 16.5. The highest BCUT2D eigenvalue weighted by atomic mass is 32.2. The van der Waals surface area contributed by atoms with E-state index in [0.29, 0.717) is 23.7 Å². The molecule has 0 atom stereocenters. The van der Waals surface area contributed by atoms with Crippen molar-refractivity contribution in [3.63, 3.8) is 0 Å². The molecule has 0 bridgehead atoms. The lowest BCUT2D eigenvalue weighted by Crippen LogP contribution is -2.35. The molecule has 150 valence electrons. The van der Waals surface area contributed by atoms with E-state index in [9.17, 15) is 0 Å². The Morgan fingerprint density at radius 2 is 1.83 bits per heavy atom. The first-order valence-corrected chi connectivity index (χ1v) is 10.9. The summed E-state index contributed by atoms with van der Waals surface area (Å²) >= 11 is 1.39. The molecular formula is C22H25N5OS. The van der Waals surface area contributed by atoms with Crippen molar-refractivity contribution in [3.05, 3.63) is 59.7 Å². The molecule has 0 unspecified atom stereocenters. The highest BCUT2D eigenvalue weighted by Gasteiger charge is 2.25. The third kappa shape index (κ3) is 4.15. The number of hydrogen-bond acceptors (Lipinski definition) is 6. The van der Waals surface area contributed by atoms with Gasteiger partial charge in [0.15, 0.2) is 11.0 Å². The predicted octanol–water partition coefficient (Wildman–Crippen LogP) is 4.40. The summed E-state index contributed by atoms with van der Waals surface area (Å²) in [6.07, 6.45) is 2.51. The molecule has 0 amide bonds. The predicted molar refractivity (Wildman–Crippen MR) is 121 cm³/mol. The summed E-state index contributed by atoms with van der Waals surface area (Å²) in [5.74, 6) is 1.41. The van der Waals surface area contributed by atoms with Gasteiger partial charge in [0.25, 0.3) is 0 Å². The number of hydrogen-bond donors (Lipinski definition) is 2. The first kappa shape index (κ1) is 19.5. The number of amidine groups is 2. The monoisotopic (exact) mass is 407 g/mol. The molecule has 2 heterocycles. The Hall–Kier alpha value is -2.80. The first-order chi connectivity index (χ1) is 14.2. The topological polar surface area (TPSA) is 75.8 Å². The van der Waals surface area contributed by atoms with Crippen LogP contribution in [0.15, 0.2) is 53.6 Å². The van der Waals surface area contributed by atoms with E-state index in [2.05, 4.69) is 34.3 Å². The number of benzene rings is 2. The third-order valence-electron chi connectivity index (χ3n) is 5.08. The van der Waals surface area contributed by atoms with E-state index in [-0.39, 0.29) is 11.0 Å². The Morgan fingerprint density at radius 3 is 2.55 bits per heavy atom. The fraction of sp³-hybridized carbons (Fsp3) is 0.318. The molecule has 2 aliphatic heterocycles. The molecular weight excluding hydrogens is 382 g/mol. The summed E-state index contributed by atoms with van der Waals surface area (Å²) in [4.78, 5) is 2.41. The molecule has 6 nitrogen and oxygen atoms in total. The SMILES string of the molecule is CCOc1ccccc1C(=N)N1N=C(c2ccc(N3CCCC3)cc2)CSC1=N. The molecule has 0 radical (unpaired) electrons. The van der Waals surface area contributed by atoms with E-state index in [1.54, 1.807) is 0 Å². The van der Waals surface area contributed by atoms with Crippen LogP contribution in [0.4, 0.5) is 5.69 Å². The van der Waals surface area contributed by atoms with Crippen LogP contribution in [0.2, 0.25) is 0 Å². The number of nitrogens with zero attached hydrogens (tertiary/aromatic N) is 3. The smallest absolute Gasteiger partial charge is 0.183 e. The van der Waals surface area contributed by atoms with Gasteiger partial charge in [0.2, 0.25) is 0 Å². The maximum Gasteiger partial charge on any atom is 0.183 e. The largest absolute Gasteiger partial charge is 0.493 e. The summed E-state index contributed by atoms with van der Waals surface area (Å²) in [5.41, 5.74) is 3.79. The minimum atomic E-state index is 0.150. The van der Waals surface area contributed by atoms with E-state index in [0.717, 1.165) is 24.4 Å². The zero-order valence-corrected chi connectivity index (χ0v) is 17.3. The van der Waals surface area contributed by atoms with Crippen LogP contribution in [-0.4, -0.2) is 47.2 Å². The maximum atomic E-state index is 8.65. The van der Waals surface area contributed by atoms with Crippen molar-refractivity contribution in [1.29, 1.82) is 10.8 Å². The Bertz CT molecular complexity index is 934. The maximum absolute atomic E-state index is 8.65. The number of rotatable bonds is 5. The number of ether oxygens (including phenoxy) is 1. The van der Waals surface area contributed by atoms with Gasteiger partial charge in [0.05, 0.1) is 17.9 Å². The normalized spacial score (nSPS) is 16.7. The Balaban J connectivity index is 1.59. The van der Waals surface area contributed by atoms with Crippen LogP contribution in [0.1, 0.15) is 30.9 Å². The first-order valence-electron chi connectivity index (χ1n) is 9.92. The van der Waals surface area contributed by atoms with Crippen molar-refractivity contribution >= 4 is 34.2 Å². The molecule has 2 aliphatic rings. The molecule has 4 rings (SSSR count). The summed E-state index contributed by atoms with van der Waals surface area (Å²) in [7, 11) is 0. The van der Waals surface area contributed by atoms with Crippen molar-refractivity contribution in [2.24, 2.45) is 5.10 Å². The van der Waals surface area contributed by atoms with Gasteiger partial charge in [-0.15, -0.1) is 0 Å². The van der Waals surface area contributed by atoms with E-state index in [4.69, 9.17) is 15.6 Å². The van der Waals surface area contributed by atoms with Crippen molar-refractivity contribution in [3.8, 4) is 5.75 Å². The van der Waals surface area contributed by atoms with Crippen LogP contribution in [0.25, 0.3) is 0 Å². The second kappa shape index (κ2) is 8.69. The van der Waals surface area contributed by atoms with Gasteiger partial charge < -0.3 is 9.64 Å². The average molecular weight is 408 g/mol. The molecule has 0 aliphatic carbocycles. The van der Waals surface area contributed by atoms with Crippen LogP contribution in [0.5, 0.6) is 5.75 Å². The second-order valence-corrected chi connectivity index (χ2v) is 7.94. The van der Waals surface area contributed by atoms with Crippen molar-refractivity contribution in [2.75, 3.05) is 30.3 Å². The number of nitrogens with one attached hydrogen (secondary N) is 2. The van der Waals surface area contributed by atoms with Gasteiger partial charge in [0.1, 0.15) is 5.75 Å². The molecule has 0 saturated carbocycles. The molecule has 0 aromatic heterocycles. The number of hydrazone groups is 1. The quantitative estimate of drug-likeness (QED) is 0.569. The minimum Gasteiger partial charge on any atom is -0.493 e. The summed E-state index contributed by atoms with van der Waals surface area (Å²) in [6.45, 7) is 4.69. The fourth-order valence-electron chi connectivity index (χ4n) is 3.58. The molecule has 1 fully saturated rings. The fourth-order valence-corrected chi connectivity index (χ4v) is 4.34. The molecule has 7 heteroatoms. The summed E-state index contributed by atoms with van der Waals surface area (Å²) in [5, 5.41) is 23.2. The Kier molecular flexibility index (Phi) is 5.85. The van der Waals surface area contributed by atoms with Crippen molar-refractivity contribution in [1.82, 2.24) is 5.01 Å². The van der Waals surface area contributed by atoms with Gasteiger partial charge in [-0.25, -0.2) is 0 Å². The molecule has 1 saturated heterocycles. The van der Waals surface area contributed by atoms with Crippen molar-refractivity contribution < 1.29 is 4.74 Å². The second-order valence-electron chi connectivity index (χ2n) is 6.97. The Morgan fingerprint density at radius 1 is 1.10 bits per heavy atom. The van der Waals surface area contributed by atoms with Gasteiger partial charge in [-0.2, -0.15) is 10.1 Å². The molecule has 29 heavy (non-hydrogen) atoms. The van der Waals surface area contributed by atoms with Gasteiger partial charge in [0, 0.05) is 24.5 Å². The third-order valence-corrected chi connectivity index (χ3v) is 5.95. The van der Waals surface area contributed by atoms with Gasteiger partial charge >= 0.3 is 0 Å². The lowest BCUT2D eigenvalue weighted by Gasteiger charge is -2.26. The van der Waals surface area contributed by atoms with Crippen LogP contribution in [0, 0.1) is 10.8 Å². The number of anilines is 1. The van der Waals surface area contributed by atoms with Crippen molar-refractivity contribution in [2.45, 2.75) is 19.8 Å².